The Morgan fingerprint density at radius 1 is 1.42 bits per heavy atom. The lowest BCUT2D eigenvalue weighted by Crippen LogP contribution is -2.39. The number of Topliss-reactive ketones (excluding diaryl/α,β-unsaturated/α-hetero) is 1. The highest BCUT2D eigenvalue weighted by molar-refractivity contribution is 7.11. The number of hydrogen-bond acceptors (Lipinski definition) is 5. The summed E-state index contributed by atoms with van der Waals surface area (Å²) in [5.41, 5.74) is -0.205. The topological polar surface area (TPSA) is 56.3 Å². The molecule has 0 aliphatic heterocycles. The molecule has 0 radical (unpaired) electrons. The molecular formula is C14H19NO3S. The van der Waals surface area contributed by atoms with Crippen LogP contribution in [0, 0.1) is 17.3 Å². The van der Waals surface area contributed by atoms with E-state index in [4.69, 9.17) is 4.74 Å². The second-order valence-corrected chi connectivity index (χ2v) is 6.64. The van der Waals surface area contributed by atoms with Crippen LogP contribution in [-0.4, -0.2) is 23.8 Å². The summed E-state index contributed by atoms with van der Waals surface area (Å²) in [6.45, 7) is 4.08. The van der Waals surface area contributed by atoms with E-state index in [2.05, 4.69) is 4.98 Å². The minimum Gasteiger partial charge on any atom is -0.469 e. The van der Waals surface area contributed by atoms with E-state index in [-0.39, 0.29) is 29.0 Å². The average Bonchev–Trinajstić information content (AvgIpc) is 2.89. The van der Waals surface area contributed by atoms with Crippen molar-refractivity contribution in [2.24, 2.45) is 17.3 Å². The van der Waals surface area contributed by atoms with Crippen LogP contribution >= 0.6 is 11.3 Å². The molecule has 1 aromatic rings. The molecule has 0 aromatic carbocycles. The van der Waals surface area contributed by atoms with E-state index in [9.17, 15) is 9.59 Å². The SMILES string of the molecule is COC(=O)[C@H]1CC[C@H](C(=O)c2nccs2)CC1(C)C. The predicted molar refractivity (Wildman–Crippen MR) is 73.1 cm³/mol. The van der Waals surface area contributed by atoms with Gasteiger partial charge in [-0.05, 0) is 24.7 Å². The number of rotatable bonds is 3. The molecule has 1 aromatic heterocycles. The molecule has 1 aliphatic carbocycles. The number of methoxy groups -OCH3 is 1. The van der Waals surface area contributed by atoms with Gasteiger partial charge in [-0.15, -0.1) is 11.3 Å². The molecule has 5 heteroatoms. The Morgan fingerprint density at radius 3 is 2.68 bits per heavy atom. The molecule has 1 aliphatic rings. The average molecular weight is 281 g/mol. The molecule has 0 saturated heterocycles. The van der Waals surface area contributed by atoms with E-state index in [1.54, 1.807) is 6.20 Å². The van der Waals surface area contributed by atoms with Crippen LogP contribution < -0.4 is 0 Å². The monoisotopic (exact) mass is 281 g/mol. The van der Waals surface area contributed by atoms with Crippen molar-refractivity contribution in [3.8, 4) is 0 Å². The molecule has 4 nitrogen and oxygen atoms in total. The van der Waals surface area contributed by atoms with Gasteiger partial charge in [-0.3, -0.25) is 9.59 Å². The molecular weight excluding hydrogens is 262 g/mol. The highest BCUT2D eigenvalue weighted by Crippen LogP contribution is 2.44. The summed E-state index contributed by atoms with van der Waals surface area (Å²) in [5, 5.41) is 2.40. The predicted octanol–water partition coefficient (Wildman–Crippen LogP) is 2.94. The zero-order valence-electron chi connectivity index (χ0n) is 11.5. The van der Waals surface area contributed by atoms with Crippen molar-refractivity contribution < 1.29 is 14.3 Å². The Hall–Kier alpha value is -1.23. The first-order valence-corrected chi connectivity index (χ1v) is 7.35. The molecule has 0 unspecified atom stereocenters. The summed E-state index contributed by atoms with van der Waals surface area (Å²) in [5.74, 6) is -0.184. The number of esters is 1. The van der Waals surface area contributed by atoms with Gasteiger partial charge in [0.15, 0.2) is 10.8 Å². The molecule has 1 saturated carbocycles. The van der Waals surface area contributed by atoms with Gasteiger partial charge in [-0.25, -0.2) is 4.98 Å². The Kier molecular flexibility index (Phi) is 4.04. The lowest BCUT2D eigenvalue weighted by Gasteiger charge is -2.40. The summed E-state index contributed by atoms with van der Waals surface area (Å²) in [7, 11) is 1.42. The lowest BCUT2D eigenvalue weighted by atomic mass is 9.64. The molecule has 0 amide bonds. The highest BCUT2D eigenvalue weighted by Gasteiger charge is 2.43. The second-order valence-electron chi connectivity index (χ2n) is 5.74. The maximum atomic E-state index is 12.3. The number of carbonyl (C=O) groups excluding carboxylic acids is 2. The van der Waals surface area contributed by atoms with Gasteiger partial charge < -0.3 is 4.74 Å². The van der Waals surface area contributed by atoms with Crippen molar-refractivity contribution in [1.29, 1.82) is 0 Å². The van der Waals surface area contributed by atoms with Gasteiger partial charge in [-0.2, -0.15) is 0 Å². The number of ketones is 1. The Labute approximate surface area is 117 Å². The summed E-state index contributed by atoms with van der Waals surface area (Å²) >= 11 is 1.38. The van der Waals surface area contributed by atoms with E-state index in [1.807, 2.05) is 19.2 Å². The van der Waals surface area contributed by atoms with Gasteiger partial charge in [0.25, 0.3) is 0 Å². The minimum absolute atomic E-state index is 0.0259. The molecule has 0 bridgehead atoms. The van der Waals surface area contributed by atoms with Crippen LogP contribution in [0.4, 0.5) is 0 Å². The van der Waals surface area contributed by atoms with E-state index < -0.39 is 0 Å². The molecule has 104 valence electrons. The van der Waals surface area contributed by atoms with E-state index >= 15 is 0 Å². The second kappa shape index (κ2) is 5.41. The Balaban J connectivity index is 2.10. The smallest absolute Gasteiger partial charge is 0.309 e. The Morgan fingerprint density at radius 2 is 2.16 bits per heavy atom. The fraction of sp³-hybridized carbons (Fsp3) is 0.643. The quantitative estimate of drug-likeness (QED) is 0.631. The summed E-state index contributed by atoms with van der Waals surface area (Å²) in [6, 6.07) is 0. The Bertz CT molecular complexity index is 467. The van der Waals surface area contributed by atoms with Gasteiger partial charge in [0, 0.05) is 17.5 Å². The molecule has 0 spiro atoms. The third-order valence-corrected chi connectivity index (χ3v) is 4.81. The van der Waals surface area contributed by atoms with Gasteiger partial charge >= 0.3 is 5.97 Å². The normalized spacial score (nSPS) is 25.8. The van der Waals surface area contributed by atoms with Crippen LogP contribution in [0.25, 0.3) is 0 Å². The fourth-order valence-electron chi connectivity index (χ4n) is 2.96. The van der Waals surface area contributed by atoms with E-state index in [0.29, 0.717) is 17.8 Å². The number of hydrogen-bond donors (Lipinski definition) is 0. The van der Waals surface area contributed by atoms with E-state index in [0.717, 1.165) is 6.42 Å². The van der Waals surface area contributed by atoms with Crippen molar-refractivity contribution in [3.05, 3.63) is 16.6 Å². The first kappa shape index (κ1) is 14.2. The van der Waals surface area contributed by atoms with Crippen molar-refractivity contribution >= 4 is 23.1 Å². The van der Waals surface area contributed by atoms with Crippen LogP contribution in [0.1, 0.15) is 42.9 Å². The van der Waals surface area contributed by atoms with Gasteiger partial charge in [-0.1, -0.05) is 13.8 Å². The lowest BCUT2D eigenvalue weighted by molar-refractivity contribution is -0.152. The molecule has 2 rings (SSSR count). The first-order chi connectivity index (χ1) is 8.95. The number of nitrogens with zero attached hydrogens (tertiary/aromatic N) is 1. The number of carbonyl (C=O) groups is 2. The third kappa shape index (κ3) is 2.86. The van der Waals surface area contributed by atoms with Crippen molar-refractivity contribution in [1.82, 2.24) is 4.98 Å². The number of aromatic nitrogens is 1. The van der Waals surface area contributed by atoms with Gasteiger partial charge in [0.1, 0.15) is 0 Å². The van der Waals surface area contributed by atoms with Crippen LogP contribution in [0.5, 0.6) is 0 Å². The molecule has 1 fully saturated rings. The summed E-state index contributed by atoms with van der Waals surface area (Å²) < 4.78 is 4.86. The molecule has 0 N–H and O–H groups in total. The van der Waals surface area contributed by atoms with Crippen molar-refractivity contribution in [2.45, 2.75) is 33.1 Å². The van der Waals surface area contributed by atoms with Crippen LogP contribution in [0.3, 0.4) is 0 Å². The maximum absolute atomic E-state index is 12.3. The van der Waals surface area contributed by atoms with Crippen molar-refractivity contribution in [2.75, 3.05) is 7.11 Å². The largest absolute Gasteiger partial charge is 0.469 e. The van der Waals surface area contributed by atoms with Gasteiger partial charge in [0.05, 0.1) is 13.0 Å². The minimum atomic E-state index is -0.205. The zero-order valence-corrected chi connectivity index (χ0v) is 12.3. The maximum Gasteiger partial charge on any atom is 0.309 e. The van der Waals surface area contributed by atoms with Gasteiger partial charge in [0.2, 0.25) is 0 Å². The number of ether oxygens (including phenoxy) is 1. The molecule has 2 atom stereocenters. The fourth-order valence-corrected chi connectivity index (χ4v) is 3.62. The molecule has 19 heavy (non-hydrogen) atoms. The summed E-state index contributed by atoms with van der Waals surface area (Å²) in [4.78, 5) is 28.2. The van der Waals surface area contributed by atoms with Crippen LogP contribution in [-0.2, 0) is 9.53 Å². The van der Waals surface area contributed by atoms with Crippen LogP contribution in [0.15, 0.2) is 11.6 Å². The van der Waals surface area contributed by atoms with Crippen molar-refractivity contribution in [3.63, 3.8) is 0 Å². The number of thiazole rings is 1. The standard InChI is InChI=1S/C14H19NO3S/c1-14(2)8-9(4-5-10(14)13(17)18-3)11(16)12-15-6-7-19-12/h6-7,9-10H,4-5,8H2,1-3H3/t9-,10+/m0/s1. The first-order valence-electron chi connectivity index (χ1n) is 6.47. The zero-order chi connectivity index (χ0) is 14.0. The summed E-state index contributed by atoms with van der Waals surface area (Å²) in [6.07, 6.45) is 3.82. The molecule has 1 heterocycles. The van der Waals surface area contributed by atoms with E-state index in [1.165, 1.54) is 18.4 Å². The van der Waals surface area contributed by atoms with Crippen LogP contribution in [0.2, 0.25) is 0 Å². The highest BCUT2D eigenvalue weighted by atomic mass is 32.1. The third-order valence-electron chi connectivity index (χ3n) is 4.02.